The average molecular weight is 455 g/mol. The summed E-state index contributed by atoms with van der Waals surface area (Å²) in [5.74, 6) is 0. The molecular weight excluding hydrogens is 430 g/mol. The predicted octanol–water partition coefficient (Wildman–Crippen LogP) is 5.30. The molecule has 1 aliphatic heterocycles. The molecule has 1 N–H and O–H groups in total. The zero-order chi connectivity index (χ0) is 18.4. The minimum atomic E-state index is 0.770. The summed E-state index contributed by atoms with van der Waals surface area (Å²) in [5, 5.41) is 4.35. The molecule has 6 heteroatoms. The predicted molar refractivity (Wildman–Crippen MR) is 117 cm³/mol. The monoisotopic (exact) mass is 453 g/mol. The summed E-state index contributed by atoms with van der Waals surface area (Å²) in [4.78, 5) is 7.37. The molecule has 0 amide bonds. The maximum Gasteiger partial charge on any atom is 0.0496 e. The number of piperazine rings is 1. The number of nitrogens with zero attached hydrogens (tertiary/aromatic N) is 2. The van der Waals surface area contributed by atoms with Crippen LogP contribution in [0.5, 0.6) is 0 Å². The molecule has 1 aliphatic rings. The summed E-state index contributed by atoms with van der Waals surface area (Å²) in [7, 11) is 2.20. The highest BCUT2D eigenvalue weighted by Gasteiger charge is 2.13. The van der Waals surface area contributed by atoms with Crippen LogP contribution in [0.15, 0.2) is 56.7 Å². The Hall–Kier alpha value is -0.720. The first-order valence-corrected chi connectivity index (χ1v) is 11.0. The lowest BCUT2D eigenvalue weighted by atomic mass is 10.3. The van der Waals surface area contributed by atoms with E-state index in [1.54, 1.807) is 11.8 Å². The van der Waals surface area contributed by atoms with Gasteiger partial charge in [0.1, 0.15) is 0 Å². The van der Waals surface area contributed by atoms with Gasteiger partial charge in [0.25, 0.3) is 0 Å². The van der Waals surface area contributed by atoms with Crippen molar-refractivity contribution >= 4 is 45.0 Å². The van der Waals surface area contributed by atoms with Gasteiger partial charge in [-0.15, -0.1) is 0 Å². The first-order valence-electron chi connectivity index (χ1n) is 8.98. The Morgan fingerprint density at radius 2 is 1.81 bits per heavy atom. The van der Waals surface area contributed by atoms with Crippen molar-refractivity contribution in [2.24, 2.45) is 0 Å². The lowest BCUT2D eigenvalue weighted by molar-refractivity contribution is 0.154. The average Bonchev–Trinajstić information content (AvgIpc) is 2.64. The molecule has 0 atom stereocenters. The van der Waals surface area contributed by atoms with Crippen molar-refractivity contribution in [1.29, 1.82) is 0 Å². The molecule has 0 spiro atoms. The van der Waals surface area contributed by atoms with Crippen molar-refractivity contribution < 1.29 is 0 Å². The van der Waals surface area contributed by atoms with Crippen molar-refractivity contribution in [3.05, 3.63) is 52.0 Å². The van der Waals surface area contributed by atoms with Crippen molar-refractivity contribution in [2.75, 3.05) is 51.6 Å². The third kappa shape index (κ3) is 6.17. The normalized spacial score (nSPS) is 16.0. The molecule has 0 bridgehead atoms. The molecule has 1 fully saturated rings. The van der Waals surface area contributed by atoms with Crippen LogP contribution in [0.3, 0.4) is 0 Å². The molecule has 0 unspecified atom stereocenters. The van der Waals surface area contributed by atoms with Crippen molar-refractivity contribution in [3.63, 3.8) is 0 Å². The minimum Gasteiger partial charge on any atom is -0.384 e. The molecule has 0 aromatic heterocycles. The summed E-state index contributed by atoms with van der Waals surface area (Å²) < 4.78 is 1.10. The fourth-order valence-electron chi connectivity index (χ4n) is 2.96. The number of hydrogen-bond acceptors (Lipinski definition) is 4. The third-order valence-corrected chi connectivity index (χ3v) is 6.39. The van der Waals surface area contributed by atoms with E-state index in [4.69, 9.17) is 11.6 Å². The van der Waals surface area contributed by atoms with Crippen LogP contribution in [0.4, 0.5) is 5.69 Å². The van der Waals surface area contributed by atoms with Gasteiger partial charge in [0, 0.05) is 57.7 Å². The molecule has 3 nitrogen and oxygen atoms in total. The van der Waals surface area contributed by atoms with Gasteiger partial charge in [-0.25, -0.2) is 0 Å². The van der Waals surface area contributed by atoms with Crippen LogP contribution in [-0.2, 0) is 0 Å². The van der Waals surface area contributed by atoms with Crippen LogP contribution in [-0.4, -0.2) is 56.1 Å². The zero-order valence-electron chi connectivity index (χ0n) is 15.0. The Kier molecular flexibility index (Phi) is 7.70. The molecule has 26 heavy (non-hydrogen) atoms. The van der Waals surface area contributed by atoms with E-state index in [-0.39, 0.29) is 0 Å². The van der Waals surface area contributed by atoms with E-state index < -0.39 is 0 Å². The SMILES string of the molecule is CN1CCN(CCCNc2cc(Cl)ccc2Sc2ccc(Br)cc2)CC1. The van der Waals surface area contributed by atoms with Crippen LogP contribution in [0.1, 0.15) is 6.42 Å². The summed E-state index contributed by atoms with van der Waals surface area (Å²) in [6.07, 6.45) is 1.14. The zero-order valence-corrected chi connectivity index (χ0v) is 18.2. The minimum absolute atomic E-state index is 0.770. The van der Waals surface area contributed by atoms with E-state index in [0.717, 1.165) is 34.7 Å². The molecule has 2 aromatic carbocycles. The van der Waals surface area contributed by atoms with Gasteiger partial charge >= 0.3 is 0 Å². The molecular formula is C20H25BrClN3S. The second-order valence-corrected chi connectivity index (χ2v) is 9.09. The Bertz CT molecular complexity index is 703. The van der Waals surface area contributed by atoms with E-state index in [0.29, 0.717) is 0 Å². The van der Waals surface area contributed by atoms with E-state index in [2.05, 4.69) is 68.4 Å². The third-order valence-electron chi connectivity index (χ3n) is 4.55. The van der Waals surface area contributed by atoms with Gasteiger partial charge in [-0.2, -0.15) is 0 Å². The van der Waals surface area contributed by atoms with Crippen LogP contribution in [0.2, 0.25) is 5.02 Å². The van der Waals surface area contributed by atoms with Crippen LogP contribution in [0, 0.1) is 0 Å². The van der Waals surface area contributed by atoms with Gasteiger partial charge in [0.15, 0.2) is 0 Å². The number of nitrogens with one attached hydrogen (secondary N) is 1. The second kappa shape index (κ2) is 10.00. The first kappa shape index (κ1) is 20.0. The molecule has 140 valence electrons. The highest BCUT2D eigenvalue weighted by atomic mass is 79.9. The van der Waals surface area contributed by atoms with E-state index in [1.807, 2.05) is 12.1 Å². The molecule has 1 saturated heterocycles. The summed E-state index contributed by atoms with van der Waals surface area (Å²) in [5.41, 5.74) is 1.11. The Balaban J connectivity index is 1.53. The number of hydrogen-bond donors (Lipinski definition) is 1. The van der Waals surface area contributed by atoms with Gasteiger partial charge < -0.3 is 15.1 Å². The first-order chi connectivity index (χ1) is 12.6. The number of halogens is 2. The Morgan fingerprint density at radius 1 is 1.08 bits per heavy atom. The molecule has 0 saturated carbocycles. The number of likely N-dealkylation sites (N-methyl/N-ethyl adjacent to an activating group) is 1. The number of benzene rings is 2. The van der Waals surface area contributed by atoms with Crippen molar-refractivity contribution in [2.45, 2.75) is 16.2 Å². The largest absolute Gasteiger partial charge is 0.384 e. The lowest BCUT2D eigenvalue weighted by Crippen LogP contribution is -2.44. The topological polar surface area (TPSA) is 18.5 Å². The maximum absolute atomic E-state index is 6.22. The fourth-order valence-corrected chi connectivity index (χ4v) is 4.30. The second-order valence-electron chi connectivity index (χ2n) is 6.62. The van der Waals surface area contributed by atoms with Gasteiger partial charge in [0.05, 0.1) is 0 Å². The standard InChI is InChI=1S/C20H25BrClN3S/c1-24-11-13-25(14-12-24)10-2-9-23-19-15-17(22)5-8-20(19)26-18-6-3-16(21)4-7-18/h3-8,15,23H,2,9-14H2,1H3. The highest BCUT2D eigenvalue weighted by molar-refractivity contribution is 9.10. The van der Waals surface area contributed by atoms with Gasteiger partial charge in [-0.1, -0.05) is 39.3 Å². The van der Waals surface area contributed by atoms with Crippen molar-refractivity contribution in [3.8, 4) is 0 Å². The molecule has 3 rings (SSSR count). The number of anilines is 1. The van der Waals surface area contributed by atoms with E-state index in [9.17, 15) is 0 Å². The summed E-state index contributed by atoms with van der Waals surface area (Å²) in [6.45, 7) is 6.82. The van der Waals surface area contributed by atoms with Gasteiger partial charge in [-0.3, -0.25) is 0 Å². The fraction of sp³-hybridized carbons (Fsp3) is 0.400. The molecule has 0 radical (unpaired) electrons. The van der Waals surface area contributed by atoms with Crippen molar-refractivity contribution in [1.82, 2.24) is 9.80 Å². The summed E-state index contributed by atoms with van der Waals surface area (Å²) >= 11 is 11.5. The molecule has 0 aliphatic carbocycles. The Labute approximate surface area is 174 Å². The smallest absolute Gasteiger partial charge is 0.0496 e. The van der Waals surface area contributed by atoms with Gasteiger partial charge in [-0.05, 0) is 62.5 Å². The molecule has 2 aromatic rings. The van der Waals surface area contributed by atoms with Gasteiger partial charge in [0.2, 0.25) is 0 Å². The quantitative estimate of drug-likeness (QED) is 0.572. The van der Waals surface area contributed by atoms with E-state index in [1.165, 1.54) is 36.0 Å². The van der Waals surface area contributed by atoms with Crippen LogP contribution >= 0.6 is 39.3 Å². The Morgan fingerprint density at radius 3 is 2.54 bits per heavy atom. The van der Waals surface area contributed by atoms with Crippen LogP contribution in [0.25, 0.3) is 0 Å². The lowest BCUT2D eigenvalue weighted by Gasteiger charge is -2.32. The molecule has 1 heterocycles. The maximum atomic E-state index is 6.22. The highest BCUT2D eigenvalue weighted by Crippen LogP contribution is 2.35. The summed E-state index contributed by atoms with van der Waals surface area (Å²) in [6, 6.07) is 14.5. The van der Waals surface area contributed by atoms with Crippen LogP contribution < -0.4 is 5.32 Å². The number of rotatable bonds is 7. The van der Waals surface area contributed by atoms with E-state index >= 15 is 0 Å².